The number of aryl methyl sites for hydroxylation is 1. The van der Waals surface area contributed by atoms with Crippen molar-refractivity contribution in [3.63, 3.8) is 0 Å². The van der Waals surface area contributed by atoms with E-state index in [1.165, 1.54) is 0 Å². The van der Waals surface area contributed by atoms with Crippen LogP contribution < -0.4 is 10.2 Å². The van der Waals surface area contributed by atoms with Crippen LogP contribution in [0, 0.1) is 6.92 Å². The van der Waals surface area contributed by atoms with Crippen molar-refractivity contribution in [3.8, 4) is 0 Å². The van der Waals surface area contributed by atoms with Crippen LogP contribution >= 0.6 is 0 Å². The molecule has 0 unspecified atom stereocenters. The minimum Gasteiger partial charge on any atom is -0.367 e. The highest BCUT2D eigenvalue weighted by Gasteiger charge is 2.18. The van der Waals surface area contributed by atoms with Crippen LogP contribution in [0.5, 0.6) is 0 Å². The van der Waals surface area contributed by atoms with Gasteiger partial charge in [0.2, 0.25) is 0 Å². The Labute approximate surface area is 143 Å². The van der Waals surface area contributed by atoms with Crippen molar-refractivity contribution >= 4 is 17.4 Å². The molecule has 6 heteroatoms. The number of benzene rings is 1. The lowest BCUT2D eigenvalue weighted by Crippen LogP contribution is -2.31. The molecule has 6 nitrogen and oxygen atoms in total. The number of anilines is 2. The molecule has 0 fully saturated rings. The third-order valence-corrected chi connectivity index (χ3v) is 3.62. The van der Waals surface area contributed by atoms with E-state index in [-0.39, 0.29) is 5.91 Å². The second-order valence-electron chi connectivity index (χ2n) is 5.92. The molecule has 1 N–H and O–H groups in total. The van der Waals surface area contributed by atoms with Crippen LogP contribution in [-0.4, -0.2) is 54.7 Å². The van der Waals surface area contributed by atoms with E-state index in [0.29, 0.717) is 18.1 Å². The van der Waals surface area contributed by atoms with Gasteiger partial charge in [0.1, 0.15) is 5.82 Å². The van der Waals surface area contributed by atoms with Crippen molar-refractivity contribution in [1.29, 1.82) is 0 Å². The van der Waals surface area contributed by atoms with Crippen molar-refractivity contribution in [2.75, 3.05) is 43.9 Å². The van der Waals surface area contributed by atoms with Gasteiger partial charge in [0.15, 0.2) is 5.69 Å². The predicted molar refractivity (Wildman–Crippen MR) is 97.6 cm³/mol. The van der Waals surface area contributed by atoms with Gasteiger partial charge in [-0.3, -0.25) is 4.79 Å². The van der Waals surface area contributed by atoms with Crippen LogP contribution in [-0.2, 0) is 0 Å². The highest BCUT2D eigenvalue weighted by atomic mass is 16.2. The number of hydrogen-bond donors (Lipinski definition) is 1. The first-order chi connectivity index (χ1) is 11.5. The van der Waals surface area contributed by atoms with E-state index in [9.17, 15) is 4.79 Å². The second kappa shape index (κ2) is 8.40. The highest BCUT2D eigenvalue weighted by Crippen LogP contribution is 2.18. The molecule has 0 saturated heterocycles. The number of aromatic nitrogens is 2. The van der Waals surface area contributed by atoms with Crippen LogP contribution in [0.4, 0.5) is 11.5 Å². The summed E-state index contributed by atoms with van der Waals surface area (Å²) in [5.41, 5.74) is 2.33. The SMILES string of the molecule is CCN(C(=O)c1ccc(NCCN(C)C)nn1)c1cccc(C)c1. The third kappa shape index (κ3) is 4.76. The lowest BCUT2D eigenvalue weighted by molar-refractivity contribution is 0.0982. The van der Waals surface area contributed by atoms with Crippen LogP contribution in [0.3, 0.4) is 0 Å². The van der Waals surface area contributed by atoms with E-state index in [0.717, 1.165) is 24.3 Å². The first-order valence-electron chi connectivity index (χ1n) is 8.12. The Morgan fingerprint density at radius 1 is 1.17 bits per heavy atom. The van der Waals surface area contributed by atoms with Gasteiger partial charge in [-0.15, -0.1) is 10.2 Å². The summed E-state index contributed by atoms with van der Waals surface area (Å²) in [6.07, 6.45) is 0. The van der Waals surface area contributed by atoms with Gasteiger partial charge in [0, 0.05) is 25.3 Å². The van der Waals surface area contributed by atoms with Crippen LogP contribution in [0.2, 0.25) is 0 Å². The van der Waals surface area contributed by atoms with Gasteiger partial charge in [0.25, 0.3) is 5.91 Å². The van der Waals surface area contributed by atoms with Gasteiger partial charge < -0.3 is 15.1 Å². The molecule has 2 rings (SSSR count). The number of carbonyl (C=O) groups excluding carboxylic acids is 1. The van der Waals surface area contributed by atoms with Gasteiger partial charge in [-0.05, 0) is 57.8 Å². The Morgan fingerprint density at radius 3 is 2.54 bits per heavy atom. The van der Waals surface area contributed by atoms with E-state index < -0.39 is 0 Å². The average Bonchev–Trinajstić information content (AvgIpc) is 2.56. The van der Waals surface area contributed by atoms with Crippen molar-refractivity contribution in [3.05, 3.63) is 47.7 Å². The Kier molecular flexibility index (Phi) is 6.26. The summed E-state index contributed by atoms with van der Waals surface area (Å²) >= 11 is 0. The summed E-state index contributed by atoms with van der Waals surface area (Å²) in [5, 5.41) is 11.4. The molecule has 128 valence electrons. The van der Waals surface area contributed by atoms with Crippen molar-refractivity contribution in [2.45, 2.75) is 13.8 Å². The number of hydrogen-bond acceptors (Lipinski definition) is 5. The molecule has 0 aliphatic rings. The zero-order valence-electron chi connectivity index (χ0n) is 14.8. The number of nitrogens with zero attached hydrogens (tertiary/aromatic N) is 4. The number of nitrogens with one attached hydrogen (secondary N) is 1. The molecule has 1 amide bonds. The van der Waals surface area contributed by atoms with Crippen molar-refractivity contribution in [1.82, 2.24) is 15.1 Å². The zero-order valence-corrected chi connectivity index (χ0v) is 14.8. The summed E-state index contributed by atoms with van der Waals surface area (Å²) in [4.78, 5) is 16.5. The molecule has 0 radical (unpaired) electrons. The van der Waals surface area contributed by atoms with E-state index in [2.05, 4.69) is 20.4 Å². The molecule has 2 aromatic rings. The molecule has 0 bridgehead atoms. The van der Waals surface area contributed by atoms with Crippen LogP contribution in [0.25, 0.3) is 0 Å². The predicted octanol–water partition coefficient (Wildman–Crippen LogP) is 2.43. The summed E-state index contributed by atoms with van der Waals surface area (Å²) < 4.78 is 0. The van der Waals surface area contributed by atoms with Crippen LogP contribution in [0.1, 0.15) is 23.0 Å². The Bertz CT molecular complexity index is 669. The Hall–Kier alpha value is -2.47. The number of likely N-dealkylation sites (N-methyl/N-ethyl adjacent to an activating group) is 1. The summed E-state index contributed by atoms with van der Waals surface area (Å²) in [7, 11) is 4.03. The molecule has 24 heavy (non-hydrogen) atoms. The van der Waals surface area contributed by atoms with Crippen molar-refractivity contribution in [2.24, 2.45) is 0 Å². The normalized spacial score (nSPS) is 10.7. The minimum atomic E-state index is -0.143. The van der Waals surface area contributed by atoms with E-state index in [1.807, 2.05) is 52.2 Å². The maximum Gasteiger partial charge on any atom is 0.278 e. The largest absolute Gasteiger partial charge is 0.367 e. The third-order valence-electron chi connectivity index (χ3n) is 3.62. The molecule has 1 aromatic heterocycles. The smallest absolute Gasteiger partial charge is 0.278 e. The molecule has 0 aliphatic carbocycles. The fraction of sp³-hybridized carbons (Fsp3) is 0.389. The maximum absolute atomic E-state index is 12.7. The monoisotopic (exact) mass is 327 g/mol. The Balaban J connectivity index is 2.08. The van der Waals surface area contributed by atoms with E-state index in [4.69, 9.17) is 0 Å². The quantitative estimate of drug-likeness (QED) is 0.846. The fourth-order valence-electron chi connectivity index (χ4n) is 2.33. The van der Waals surface area contributed by atoms with Crippen molar-refractivity contribution < 1.29 is 4.79 Å². The molecule has 1 aromatic carbocycles. The number of rotatable bonds is 7. The molecule has 0 aliphatic heterocycles. The first-order valence-corrected chi connectivity index (χ1v) is 8.12. The van der Waals surface area contributed by atoms with Gasteiger partial charge >= 0.3 is 0 Å². The lowest BCUT2D eigenvalue weighted by Gasteiger charge is -2.21. The fourth-order valence-corrected chi connectivity index (χ4v) is 2.33. The minimum absolute atomic E-state index is 0.143. The van der Waals surface area contributed by atoms with Crippen LogP contribution in [0.15, 0.2) is 36.4 Å². The van der Waals surface area contributed by atoms with Gasteiger partial charge in [-0.1, -0.05) is 12.1 Å². The molecular formula is C18H25N5O. The zero-order chi connectivity index (χ0) is 17.5. The topological polar surface area (TPSA) is 61.4 Å². The molecule has 0 spiro atoms. The molecule has 0 saturated carbocycles. The molecule has 1 heterocycles. The van der Waals surface area contributed by atoms with E-state index >= 15 is 0 Å². The maximum atomic E-state index is 12.7. The van der Waals surface area contributed by atoms with Gasteiger partial charge in [-0.2, -0.15) is 0 Å². The summed E-state index contributed by atoms with van der Waals surface area (Å²) in [6, 6.07) is 11.4. The number of amides is 1. The van der Waals surface area contributed by atoms with E-state index in [1.54, 1.807) is 17.0 Å². The molecular weight excluding hydrogens is 302 g/mol. The second-order valence-corrected chi connectivity index (χ2v) is 5.92. The first kappa shape index (κ1) is 17.9. The van der Waals surface area contributed by atoms with Gasteiger partial charge in [-0.25, -0.2) is 0 Å². The highest BCUT2D eigenvalue weighted by molar-refractivity contribution is 6.04. The summed E-state index contributed by atoms with van der Waals surface area (Å²) in [6.45, 7) is 6.21. The lowest BCUT2D eigenvalue weighted by atomic mass is 10.2. The number of carbonyl (C=O) groups is 1. The average molecular weight is 327 g/mol. The van der Waals surface area contributed by atoms with Gasteiger partial charge in [0.05, 0.1) is 0 Å². The standard InChI is InChI=1S/C18H25N5O/c1-5-23(15-8-6-7-14(2)13-15)18(24)16-9-10-17(21-20-16)19-11-12-22(3)4/h6-10,13H,5,11-12H2,1-4H3,(H,19,21). The summed E-state index contributed by atoms with van der Waals surface area (Å²) in [5.74, 6) is 0.530. The Morgan fingerprint density at radius 2 is 1.96 bits per heavy atom. The molecule has 0 atom stereocenters.